The maximum atomic E-state index is 13.1. The fraction of sp³-hybridized carbons (Fsp3) is 0. The van der Waals surface area contributed by atoms with Crippen LogP contribution in [0, 0.1) is 17.6 Å². The Morgan fingerprint density at radius 1 is 1.20 bits per heavy atom. The molecule has 0 bridgehead atoms. The van der Waals surface area contributed by atoms with Gasteiger partial charge >= 0.3 is 0 Å². The number of aromatic amines is 1. The van der Waals surface area contributed by atoms with E-state index >= 15 is 0 Å². The smallest absolute Gasteiger partial charge is 0.250 e. The molecule has 0 aliphatic heterocycles. The number of aromatic nitrogens is 4. The molecule has 4 nitrogen and oxygen atoms in total. The summed E-state index contributed by atoms with van der Waals surface area (Å²) >= 11 is 0.722. The van der Waals surface area contributed by atoms with Crippen LogP contribution in [0.2, 0.25) is 0 Å². The Bertz CT molecular complexity index is 473. The first-order valence-corrected chi connectivity index (χ1v) is 4.53. The summed E-state index contributed by atoms with van der Waals surface area (Å²) in [6.45, 7) is 0. The quantitative estimate of drug-likeness (QED) is 0.802. The van der Waals surface area contributed by atoms with Crippen LogP contribution in [0.1, 0.15) is 0 Å². The Kier molecular flexibility index (Phi) is 2.58. The third-order valence-corrected chi connectivity index (χ3v) is 2.31. The van der Waals surface area contributed by atoms with Crippen molar-refractivity contribution in [1.82, 2.24) is 20.2 Å². The molecular weight excluding hydrogens is 229 g/mol. The summed E-state index contributed by atoms with van der Waals surface area (Å²) in [4.78, 5) is 6.78. The molecule has 0 saturated carbocycles. The molecule has 0 aliphatic carbocycles. The zero-order valence-corrected chi connectivity index (χ0v) is 7.85. The highest BCUT2D eigenvalue weighted by Crippen LogP contribution is 2.25. The third-order valence-electron chi connectivity index (χ3n) is 1.44. The zero-order chi connectivity index (χ0) is 10.8. The Morgan fingerprint density at radius 2 is 2.00 bits per heavy atom. The van der Waals surface area contributed by atoms with Crippen LogP contribution < -0.4 is 0 Å². The molecule has 0 radical (unpaired) electrons. The molecular formula is C7H3F3N4S. The molecule has 0 spiro atoms. The number of rotatable bonds is 2. The molecule has 15 heavy (non-hydrogen) atoms. The molecule has 0 aliphatic rings. The van der Waals surface area contributed by atoms with Gasteiger partial charge in [0.2, 0.25) is 5.95 Å². The van der Waals surface area contributed by atoms with E-state index < -0.39 is 17.6 Å². The normalized spacial score (nSPS) is 10.6. The minimum absolute atomic E-state index is 0.243. The Balaban J connectivity index is 2.33. The third kappa shape index (κ3) is 2.09. The van der Waals surface area contributed by atoms with Gasteiger partial charge in [-0.05, 0) is 11.8 Å². The van der Waals surface area contributed by atoms with Crippen molar-refractivity contribution in [2.24, 2.45) is 0 Å². The van der Waals surface area contributed by atoms with Crippen LogP contribution >= 0.6 is 11.8 Å². The highest BCUT2D eigenvalue weighted by molar-refractivity contribution is 7.99. The zero-order valence-electron chi connectivity index (χ0n) is 7.04. The largest absolute Gasteiger partial charge is 0.254 e. The first-order chi connectivity index (χ1) is 7.16. The number of H-pyrrole nitrogens is 1. The molecule has 78 valence electrons. The van der Waals surface area contributed by atoms with E-state index in [4.69, 9.17) is 0 Å². The van der Waals surface area contributed by atoms with Crippen LogP contribution in [0.5, 0.6) is 0 Å². The molecule has 2 aromatic heterocycles. The lowest BCUT2D eigenvalue weighted by molar-refractivity contribution is 0.448. The lowest BCUT2D eigenvalue weighted by Gasteiger charge is -1.99. The van der Waals surface area contributed by atoms with Crippen LogP contribution in [0.25, 0.3) is 0 Å². The molecule has 0 atom stereocenters. The molecule has 0 saturated heterocycles. The number of nitrogens with zero attached hydrogens (tertiary/aromatic N) is 3. The molecule has 2 aromatic rings. The highest BCUT2D eigenvalue weighted by Gasteiger charge is 2.13. The van der Waals surface area contributed by atoms with Gasteiger partial charge < -0.3 is 0 Å². The van der Waals surface area contributed by atoms with Gasteiger partial charge in [-0.3, -0.25) is 5.10 Å². The Labute approximate surface area is 85.9 Å². The van der Waals surface area contributed by atoms with Crippen molar-refractivity contribution in [2.75, 3.05) is 0 Å². The predicted octanol–water partition coefficient (Wildman–Crippen LogP) is 1.77. The van der Waals surface area contributed by atoms with Gasteiger partial charge in [0.25, 0.3) is 0 Å². The second-order valence-electron chi connectivity index (χ2n) is 2.44. The average molecular weight is 232 g/mol. The van der Waals surface area contributed by atoms with Crippen LogP contribution in [0.3, 0.4) is 0 Å². The molecule has 8 heteroatoms. The van der Waals surface area contributed by atoms with E-state index in [1.54, 1.807) is 0 Å². The highest BCUT2D eigenvalue weighted by atomic mass is 32.2. The first-order valence-electron chi connectivity index (χ1n) is 3.71. The SMILES string of the molecule is Fc1cc(F)c(Sc2ncn[nH]2)nc1F. The summed E-state index contributed by atoms with van der Waals surface area (Å²) in [5, 5.41) is 5.88. The summed E-state index contributed by atoms with van der Waals surface area (Å²) in [6, 6.07) is 0.432. The van der Waals surface area contributed by atoms with Gasteiger partial charge in [0.05, 0.1) is 0 Å². The summed E-state index contributed by atoms with van der Waals surface area (Å²) < 4.78 is 38.3. The van der Waals surface area contributed by atoms with E-state index in [0.29, 0.717) is 6.07 Å². The fourth-order valence-electron chi connectivity index (χ4n) is 0.835. The molecule has 0 unspecified atom stereocenters. The summed E-state index contributed by atoms with van der Waals surface area (Å²) in [5.74, 6) is -3.62. The average Bonchev–Trinajstić information content (AvgIpc) is 2.67. The van der Waals surface area contributed by atoms with Crippen molar-refractivity contribution in [3.05, 3.63) is 30.0 Å². The van der Waals surface area contributed by atoms with E-state index in [2.05, 4.69) is 20.2 Å². The number of nitrogens with one attached hydrogen (secondary N) is 1. The van der Waals surface area contributed by atoms with Gasteiger partial charge in [-0.15, -0.1) is 0 Å². The summed E-state index contributed by atoms with van der Waals surface area (Å²) in [6.07, 6.45) is 1.21. The van der Waals surface area contributed by atoms with E-state index in [9.17, 15) is 13.2 Å². The Hall–Kier alpha value is -1.57. The lowest BCUT2D eigenvalue weighted by atomic mass is 10.4. The number of hydrogen-bond donors (Lipinski definition) is 1. The number of halogens is 3. The number of pyridine rings is 1. The van der Waals surface area contributed by atoms with Gasteiger partial charge in [-0.1, -0.05) is 0 Å². The monoisotopic (exact) mass is 232 g/mol. The van der Waals surface area contributed by atoms with E-state index in [1.807, 2.05) is 0 Å². The van der Waals surface area contributed by atoms with Crippen molar-refractivity contribution in [1.29, 1.82) is 0 Å². The van der Waals surface area contributed by atoms with E-state index in [1.165, 1.54) is 6.33 Å². The minimum Gasteiger partial charge on any atom is -0.254 e. The van der Waals surface area contributed by atoms with Gasteiger partial charge in [0, 0.05) is 6.07 Å². The van der Waals surface area contributed by atoms with Crippen molar-refractivity contribution < 1.29 is 13.2 Å². The van der Waals surface area contributed by atoms with E-state index in [0.717, 1.165) is 11.8 Å². The number of hydrogen-bond acceptors (Lipinski definition) is 4. The lowest BCUT2D eigenvalue weighted by Crippen LogP contribution is -1.95. The summed E-state index contributed by atoms with van der Waals surface area (Å²) in [5.41, 5.74) is 0. The standard InChI is InChI=1S/C7H3F3N4S/c8-3-1-4(9)6(13-5(3)10)15-7-11-2-12-14-7/h1-2H,(H,11,12,14). The van der Waals surface area contributed by atoms with Crippen molar-refractivity contribution in [3.8, 4) is 0 Å². The topological polar surface area (TPSA) is 54.5 Å². The molecule has 2 rings (SSSR count). The van der Waals surface area contributed by atoms with Gasteiger partial charge in [0.1, 0.15) is 11.4 Å². The van der Waals surface area contributed by atoms with Gasteiger partial charge in [-0.25, -0.2) is 18.7 Å². The second kappa shape index (κ2) is 3.89. The van der Waals surface area contributed by atoms with Gasteiger partial charge in [-0.2, -0.15) is 9.49 Å². The Morgan fingerprint density at radius 3 is 2.67 bits per heavy atom. The molecule has 0 fully saturated rings. The minimum atomic E-state index is -1.35. The molecule has 0 amide bonds. The predicted molar refractivity (Wildman–Crippen MR) is 44.6 cm³/mol. The fourth-order valence-corrected chi connectivity index (χ4v) is 1.50. The molecule has 0 aromatic carbocycles. The van der Waals surface area contributed by atoms with Crippen molar-refractivity contribution in [2.45, 2.75) is 10.2 Å². The van der Waals surface area contributed by atoms with Gasteiger partial charge in [0.15, 0.2) is 16.8 Å². The van der Waals surface area contributed by atoms with Crippen LogP contribution in [-0.4, -0.2) is 20.2 Å². The second-order valence-corrected chi connectivity index (χ2v) is 3.42. The van der Waals surface area contributed by atoms with Crippen molar-refractivity contribution in [3.63, 3.8) is 0 Å². The molecule has 2 heterocycles. The maximum Gasteiger partial charge on any atom is 0.250 e. The molecule has 1 N–H and O–H groups in total. The van der Waals surface area contributed by atoms with Crippen LogP contribution in [-0.2, 0) is 0 Å². The van der Waals surface area contributed by atoms with Crippen LogP contribution in [0.15, 0.2) is 22.6 Å². The maximum absolute atomic E-state index is 13.1. The first kappa shape index (κ1) is 9.97. The summed E-state index contributed by atoms with van der Waals surface area (Å²) in [7, 11) is 0. The van der Waals surface area contributed by atoms with Crippen molar-refractivity contribution >= 4 is 11.8 Å². The van der Waals surface area contributed by atoms with Crippen LogP contribution in [0.4, 0.5) is 13.2 Å². The van der Waals surface area contributed by atoms with E-state index in [-0.39, 0.29) is 10.2 Å².